The number of amides is 1. The van der Waals surface area contributed by atoms with Crippen LogP contribution in [0.25, 0.3) is 5.69 Å². The fraction of sp³-hybridized carbons (Fsp3) is 0.409. The number of carbonyl (C=O) groups is 1. The molecule has 0 aliphatic carbocycles. The Kier molecular flexibility index (Phi) is 6.61. The highest BCUT2D eigenvalue weighted by atomic mass is 35.5. The average Bonchev–Trinajstić information content (AvgIpc) is 3.37. The molecule has 11 heteroatoms. The second-order valence-electron chi connectivity index (χ2n) is 8.35. The van der Waals surface area contributed by atoms with Gasteiger partial charge in [0.15, 0.2) is 5.69 Å². The third-order valence-corrected chi connectivity index (χ3v) is 5.73. The van der Waals surface area contributed by atoms with Gasteiger partial charge in [-0.2, -0.15) is 18.3 Å². The first-order valence-corrected chi connectivity index (χ1v) is 10.3. The predicted octanol–water partition coefficient (Wildman–Crippen LogP) is 5.45. The summed E-state index contributed by atoms with van der Waals surface area (Å²) >= 11 is 0. The number of halogens is 5. The van der Waals surface area contributed by atoms with E-state index in [1.165, 1.54) is 23.6 Å². The second kappa shape index (κ2) is 8.81. The molecule has 1 aromatic carbocycles. The normalized spacial score (nSPS) is 18.8. The fourth-order valence-corrected chi connectivity index (χ4v) is 4.30. The lowest BCUT2D eigenvalue weighted by Crippen LogP contribution is -2.33. The fourth-order valence-electron chi connectivity index (χ4n) is 4.30. The zero-order valence-electron chi connectivity index (χ0n) is 18.5. The quantitative estimate of drug-likeness (QED) is 0.462. The molecular formula is C22H24ClF4N5O. The lowest BCUT2D eigenvalue weighted by molar-refractivity contribution is -0.141. The zero-order chi connectivity index (χ0) is 23.4. The van der Waals surface area contributed by atoms with Gasteiger partial charge in [0.25, 0.3) is 5.91 Å². The standard InChI is InChI=1S/C22H23F4N5O.ClH/c1-12(2)20-18(10-27-31(20)16-7-5-15(23)6-8-16)30-13(3)9-17(21(30)32)29-11-19(22(24,25)26)28-14(29)4;/h5-8,10-13,17H,9H2,1-4H3;1H. The molecule has 3 aromatic rings. The summed E-state index contributed by atoms with van der Waals surface area (Å²) < 4.78 is 55.7. The number of benzene rings is 1. The number of hydrogen-bond acceptors (Lipinski definition) is 3. The average molecular weight is 486 g/mol. The minimum atomic E-state index is -4.58. The van der Waals surface area contributed by atoms with Crippen LogP contribution in [0.5, 0.6) is 0 Å². The monoisotopic (exact) mass is 485 g/mol. The van der Waals surface area contributed by atoms with Crippen LogP contribution in [0.2, 0.25) is 0 Å². The van der Waals surface area contributed by atoms with Gasteiger partial charge in [-0.05, 0) is 50.5 Å². The van der Waals surface area contributed by atoms with Crippen LogP contribution in [-0.2, 0) is 11.0 Å². The van der Waals surface area contributed by atoms with Crippen molar-refractivity contribution in [3.63, 3.8) is 0 Å². The van der Waals surface area contributed by atoms with Crippen molar-refractivity contribution in [1.29, 1.82) is 0 Å². The highest BCUT2D eigenvalue weighted by molar-refractivity contribution is 5.99. The topological polar surface area (TPSA) is 56.0 Å². The van der Waals surface area contributed by atoms with Crippen molar-refractivity contribution in [1.82, 2.24) is 19.3 Å². The van der Waals surface area contributed by atoms with Crippen LogP contribution in [0.4, 0.5) is 23.2 Å². The molecule has 1 amide bonds. The minimum absolute atomic E-state index is 0. The van der Waals surface area contributed by atoms with Crippen molar-refractivity contribution in [3.05, 3.63) is 59.7 Å². The van der Waals surface area contributed by atoms with Crippen LogP contribution in [-0.4, -0.2) is 31.3 Å². The van der Waals surface area contributed by atoms with Gasteiger partial charge in [-0.3, -0.25) is 4.79 Å². The highest BCUT2D eigenvalue weighted by Gasteiger charge is 2.43. The summed E-state index contributed by atoms with van der Waals surface area (Å²) in [4.78, 5) is 18.6. The van der Waals surface area contributed by atoms with Crippen LogP contribution in [0.3, 0.4) is 0 Å². The van der Waals surface area contributed by atoms with Gasteiger partial charge < -0.3 is 9.47 Å². The first kappa shape index (κ1) is 24.8. The molecule has 1 aliphatic heterocycles. The third-order valence-electron chi connectivity index (χ3n) is 5.73. The number of anilines is 1. The van der Waals surface area contributed by atoms with E-state index < -0.39 is 17.9 Å². The first-order valence-electron chi connectivity index (χ1n) is 10.3. The zero-order valence-corrected chi connectivity index (χ0v) is 19.3. The molecule has 2 aromatic heterocycles. The van der Waals surface area contributed by atoms with Crippen molar-refractivity contribution in [2.75, 3.05) is 4.90 Å². The van der Waals surface area contributed by atoms with Crippen molar-refractivity contribution in [3.8, 4) is 5.69 Å². The van der Waals surface area contributed by atoms with E-state index >= 15 is 0 Å². The second-order valence-corrected chi connectivity index (χ2v) is 8.35. The van der Waals surface area contributed by atoms with Crippen LogP contribution in [0.1, 0.15) is 56.4 Å². The Hall–Kier alpha value is -2.88. The van der Waals surface area contributed by atoms with Crippen molar-refractivity contribution >= 4 is 24.0 Å². The summed E-state index contributed by atoms with van der Waals surface area (Å²) in [6.45, 7) is 7.23. The van der Waals surface area contributed by atoms with Gasteiger partial charge in [0.2, 0.25) is 0 Å². The van der Waals surface area contributed by atoms with Gasteiger partial charge >= 0.3 is 6.18 Å². The van der Waals surface area contributed by atoms with Gasteiger partial charge in [0.05, 0.1) is 23.3 Å². The number of alkyl halides is 3. The molecule has 2 atom stereocenters. The Morgan fingerprint density at radius 2 is 1.79 bits per heavy atom. The first-order chi connectivity index (χ1) is 15.0. The van der Waals surface area contributed by atoms with Gasteiger partial charge in [-0.15, -0.1) is 12.4 Å². The number of carbonyl (C=O) groups excluding carboxylic acids is 1. The summed E-state index contributed by atoms with van der Waals surface area (Å²) in [5.74, 6) is -0.571. The van der Waals surface area contributed by atoms with Gasteiger partial charge in [-0.1, -0.05) is 13.8 Å². The summed E-state index contributed by atoms with van der Waals surface area (Å²) in [5.41, 5.74) is 0.993. The van der Waals surface area contributed by atoms with E-state index in [0.29, 0.717) is 17.8 Å². The van der Waals surface area contributed by atoms with Crippen LogP contribution >= 0.6 is 12.4 Å². The minimum Gasteiger partial charge on any atom is -0.322 e. The molecule has 0 N–H and O–H groups in total. The Balaban J connectivity index is 0.00000306. The van der Waals surface area contributed by atoms with E-state index in [1.807, 2.05) is 20.8 Å². The summed E-state index contributed by atoms with van der Waals surface area (Å²) in [7, 11) is 0. The Morgan fingerprint density at radius 3 is 2.33 bits per heavy atom. The molecule has 178 valence electrons. The van der Waals surface area contributed by atoms with Gasteiger partial charge in [-0.25, -0.2) is 14.1 Å². The molecule has 33 heavy (non-hydrogen) atoms. The van der Waals surface area contributed by atoms with Crippen molar-refractivity contribution < 1.29 is 22.4 Å². The van der Waals surface area contributed by atoms with E-state index in [2.05, 4.69) is 10.1 Å². The van der Waals surface area contributed by atoms with E-state index in [1.54, 1.807) is 27.9 Å². The maximum absolute atomic E-state index is 13.4. The lowest BCUT2D eigenvalue weighted by Gasteiger charge is -2.23. The molecule has 3 heterocycles. The molecule has 0 spiro atoms. The third kappa shape index (κ3) is 4.36. The Morgan fingerprint density at radius 1 is 1.15 bits per heavy atom. The van der Waals surface area contributed by atoms with E-state index in [0.717, 1.165) is 11.9 Å². The van der Waals surface area contributed by atoms with Crippen molar-refractivity contribution in [2.45, 2.75) is 58.3 Å². The molecule has 0 bridgehead atoms. The molecule has 2 unspecified atom stereocenters. The van der Waals surface area contributed by atoms with Crippen LogP contribution in [0, 0.1) is 12.7 Å². The highest BCUT2D eigenvalue weighted by Crippen LogP contribution is 2.39. The summed E-state index contributed by atoms with van der Waals surface area (Å²) in [6.07, 6.45) is -1.76. The molecular weight excluding hydrogens is 462 g/mol. The molecule has 1 aliphatic rings. The number of hydrogen-bond donors (Lipinski definition) is 0. The predicted molar refractivity (Wildman–Crippen MR) is 117 cm³/mol. The summed E-state index contributed by atoms with van der Waals surface area (Å²) in [5, 5.41) is 4.43. The Bertz CT molecular complexity index is 1150. The Labute approximate surface area is 194 Å². The number of aromatic nitrogens is 4. The number of nitrogens with zero attached hydrogens (tertiary/aromatic N) is 5. The maximum Gasteiger partial charge on any atom is 0.434 e. The van der Waals surface area contributed by atoms with Crippen LogP contribution < -0.4 is 4.90 Å². The molecule has 1 fully saturated rings. The van der Waals surface area contributed by atoms with E-state index in [-0.39, 0.29) is 41.9 Å². The molecule has 0 radical (unpaired) electrons. The number of aryl methyl sites for hydroxylation is 1. The molecule has 1 saturated heterocycles. The van der Waals surface area contributed by atoms with Crippen molar-refractivity contribution in [2.24, 2.45) is 0 Å². The van der Waals surface area contributed by atoms with Gasteiger partial charge in [0.1, 0.15) is 17.7 Å². The molecule has 0 saturated carbocycles. The molecule has 6 nitrogen and oxygen atoms in total. The SMILES string of the molecule is Cc1nc(C(F)(F)F)cn1C1CC(C)N(c2cnn(-c3ccc(F)cc3)c2C(C)C)C1=O.Cl. The number of imidazole rings is 1. The lowest BCUT2D eigenvalue weighted by atomic mass is 10.1. The molecule has 4 rings (SSSR count). The summed E-state index contributed by atoms with van der Waals surface area (Å²) in [6, 6.07) is 4.82. The number of rotatable bonds is 4. The van der Waals surface area contributed by atoms with E-state index in [9.17, 15) is 22.4 Å². The van der Waals surface area contributed by atoms with Gasteiger partial charge in [0, 0.05) is 12.2 Å². The van der Waals surface area contributed by atoms with Crippen LogP contribution in [0.15, 0.2) is 36.7 Å². The largest absolute Gasteiger partial charge is 0.434 e. The maximum atomic E-state index is 13.4. The van der Waals surface area contributed by atoms with E-state index in [4.69, 9.17) is 0 Å². The smallest absolute Gasteiger partial charge is 0.322 e.